The van der Waals surface area contributed by atoms with Crippen LogP contribution in [0.3, 0.4) is 0 Å². The van der Waals surface area contributed by atoms with E-state index in [0.29, 0.717) is 11.3 Å². The van der Waals surface area contributed by atoms with E-state index < -0.39 is 16.5 Å². The van der Waals surface area contributed by atoms with E-state index >= 15 is 0 Å². The Balaban J connectivity index is 1.88. The molecule has 10 nitrogen and oxygen atoms in total. The number of amides is 1. The first-order valence-electron chi connectivity index (χ1n) is 7.46. The Hall–Kier alpha value is -4.08. The molecule has 26 heavy (non-hydrogen) atoms. The van der Waals surface area contributed by atoms with Gasteiger partial charge in [-0.1, -0.05) is 30.3 Å². The largest absolute Gasteiger partial charge is 0.364 e. The summed E-state index contributed by atoms with van der Waals surface area (Å²) in [6.45, 7) is 0. The molecule has 1 aliphatic rings. The molecular formula is C16H10N6O4. The third-order valence-electron chi connectivity index (χ3n) is 3.81. The first-order chi connectivity index (χ1) is 12.5. The normalized spacial score (nSPS) is 14.3. The number of carbonyl (C=O) groups excluding carboxylic acids is 1. The number of aromatic amines is 1. The van der Waals surface area contributed by atoms with Gasteiger partial charge < -0.3 is 5.32 Å². The second kappa shape index (κ2) is 5.77. The zero-order valence-corrected chi connectivity index (χ0v) is 13.0. The Morgan fingerprint density at radius 1 is 1.12 bits per heavy atom. The highest BCUT2D eigenvalue weighted by Gasteiger charge is 2.29. The van der Waals surface area contributed by atoms with Gasteiger partial charge in [0, 0.05) is 23.3 Å². The van der Waals surface area contributed by atoms with Crippen molar-refractivity contribution in [2.75, 3.05) is 5.32 Å². The molecule has 0 unspecified atom stereocenters. The summed E-state index contributed by atoms with van der Waals surface area (Å²) in [5.41, 5.74) is 0.324. The molecule has 0 saturated carbocycles. The number of H-pyrrole nitrogens is 1. The van der Waals surface area contributed by atoms with E-state index in [2.05, 4.69) is 20.6 Å². The molecule has 4 rings (SSSR count). The highest BCUT2D eigenvalue weighted by atomic mass is 16.6. The van der Waals surface area contributed by atoms with Crippen molar-refractivity contribution in [2.45, 2.75) is 0 Å². The lowest BCUT2D eigenvalue weighted by atomic mass is 10.1. The minimum Gasteiger partial charge on any atom is -0.320 e. The van der Waals surface area contributed by atoms with Crippen LogP contribution in [0.1, 0.15) is 5.56 Å². The van der Waals surface area contributed by atoms with Crippen molar-refractivity contribution in [1.82, 2.24) is 14.9 Å². The molecule has 10 heteroatoms. The molecule has 0 saturated heterocycles. The van der Waals surface area contributed by atoms with Crippen molar-refractivity contribution in [3.63, 3.8) is 0 Å². The maximum atomic E-state index is 12.2. The van der Waals surface area contributed by atoms with Crippen molar-refractivity contribution in [1.29, 1.82) is 0 Å². The Morgan fingerprint density at radius 3 is 2.62 bits per heavy atom. The van der Waals surface area contributed by atoms with Crippen LogP contribution in [0, 0.1) is 10.1 Å². The molecule has 2 aromatic carbocycles. The van der Waals surface area contributed by atoms with Crippen LogP contribution < -0.4 is 11.0 Å². The zero-order chi connectivity index (χ0) is 18.3. The standard InChI is InChI=1S/C16H10N6O4/c23-15-13(11-8-10(22(25)26)6-7-12(11)17-15)20-21-14(18-19-16(21)24)9-4-2-1-3-5-9/h1-8H,(H,19,24)(H,17,20,23). The monoisotopic (exact) mass is 350 g/mol. The van der Waals surface area contributed by atoms with Gasteiger partial charge in [-0.2, -0.15) is 14.9 Å². The third-order valence-corrected chi connectivity index (χ3v) is 3.81. The molecule has 1 aromatic heterocycles. The number of aromatic nitrogens is 3. The highest BCUT2D eigenvalue weighted by molar-refractivity contribution is 6.53. The van der Waals surface area contributed by atoms with Gasteiger partial charge in [0.05, 0.1) is 10.6 Å². The highest BCUT2D eigenvalue weighted by Crippen LogP contribution is 2.28. The van der Waals surface area contributed by atoms with Crippen LogP contribution in [-0.4, -0.2) is 31.4 Å². The van der Waals surface area contributed by atoms with Gasteiger partial charge in [0.15, 0.2) is 11.5 Å². The van der Waals surface area contributed by atoms with Gasteiger partial charge in [-0.05, 0) is 6.07 Å². The van der Waals surface area contributed by atoms with Crippen LogP contribution in [0.2, 0.25) is 0 Å². The minimum absolute atomic E-state index is 0.107. The lowest BCUT2D eigenvalue weighted by molar-refractivity contribution is -0.384. The predicted molar refractivity (Wildman–Crippen MR) is 91.9 cm³/mol. The van der Waals surface area contributed by atoms with Gasteiger partial charge in [0.25, 0.3) is 11.6 Å². The van der Waals surface area contributed by atoms with E-state index in [1.54, 1.807) is 24.3 Å². The van der Waals surface area contributed by atoms with Crippen LogP contribution in [-0.2, 0) is 4.79 Å². The summed E-state index contributed by atoms with van der Waals surface area (Å²) in [6.07, 6.45) is 0. The van der Waals surface area contributed by atoms with Gasteiger partial charge in [0.1, 0.15) is 0 Å². The summed E-state index contributed by atoms with van der Waals surface area (Å²) in [7, 11) is 0. The number of non-ortho nitro benzene ring substituents is 1. The lowest BCUT2D eigenvalue weighted by Crippen LogP contribution is -2.20. The maximum absolute atomic E-state index is 12.2. The molecule has 1 amide bonds. The summed E-state index contributed by atoms with van der Waals surface area (Å²) >= 11 is 0. The van der Waals surface area contributed by atoms with E-state index in [4.69, 9.17) is 0 Å². The van der Waals surface area contributed by atoms with Crippen LogP contribution in [0.4, 0.5) is 11.4 Å². The number of anilines is 1. The number of nitro benzene ring substituents is 1. The molecule has 0 spiro atoms. The molecule has 3 aromatic rings. The number of hydrogen-bond acceptors (Lipinski definition) is 6. The van der Waals surface area contributed by atoms with E-state index in [0.717, 1.165) is 4.68 Å². The lowest BCUT2D eigenvalue weighted by Gasteiger charge is -2.01. The molecule has 0 bridgehead atoms. The van der Waals surface area contributed by atoms with Crippen molar-refractivity contribution in [3.05, 3.63) is 74.7 Å². The number of hydrogen-bond donors (Lipinski definition) is 2. The fourth-order valence-corrected chi connectivity index (χ4v) is 2.61. The molecule has 1 aliphatic heterocycles. The fraction of sp³-hybridized carbons (Fsp3) is 0. The van der Waals surface area contributed by atoms with Crippen molar-refractivity contribution < 1.29 is 9.72 Å². The fourth-order valence-electron chi connectivity index (χ4n) is 2.61. The summed E-state index contributed by atoms with van der Waals surface area (Å²) < 4.78 is 0.957. The van der Waals surface area contributed by atoms with Gasteiger partial charge in [-0.3, -0.25) is 14.9 Å². The number of benzene rings is 2. The van der Waals surface area contributed by atoms with Gasteiger partial charge in [-0.25, -0.2) is 9.89 Å². The minimum atomic E-state index is -0.636. The first kappa shape index (κ1) is 15.4. The third kappa shape index (κ3) is 2.45. The number of carbonyl (C=O) groups is 1. The molecule has 128 valence electrons. The van der Waals surface area contributed by atoms with E-state index in [-0.39, 0.29) is 22.8 Å². The molecular weight excluding hydrogens is 340 g/mol. The average molecular weight is 350 g/mol. The quantitative estimate of drug-likeness (QED) is 0.543. The number of fused-ring (bicyclic) bond motifs is 1. The molecule has 0 atom stereocenters. The maximum Gasteiger partial charge on any atom is 0.364 e. The second-order valence-corrected chi connectivity index (χ2v) is 5.42. The molecule has 2 heterocycles. The number of nitrogens with one attached hydrogen (secondary N) is 2. The number of nitrogens with zero attached hydrogens (tertiary/aromatic N) is 4. The van der Waals surface area contributed by atoms with Crippen molar-refractivity contribution in [2.24, 2.45) is 5.10 Å². The van der Waals surface area contributed by atoms with E-state index in [1.165, 1.54) is 18.2 Å². The van der Waals surface area contributed by atoms with Crippen LogP contribution in [0.5, 0.6) is 0 Å². The van der Waals surface area contributed by atoms with Crippen LogP contribution in [0.25, 0.3) is 11.4 Å². The van der Waals surface area contributed by atoms with E-state index in [9.17, 15) is 19.7 Å². The summed E-state index contributed by atoms with van der Waals surface area (Å²) in [5, 5.41) is 23.9. The Labute approximate surface area is 144 Å². The molecule has 2 N–H and O–H groups in total. The van der Waals surface area contributed by atoms with Crippen LogP contribution >= 0.6 is 0 Å². The second-order valence-electron chi connectivity index (χ2n) is 5.42. The molecule has 0 fully saturated rings. The van der Waals surface area contributed by atoms with Gasteiger partial charge >= 0.3 is 5.69 Å². The number of nitro groups is 1. The smallest absolute Gasteiger partial charge is 0.320 e. The van der Waals surface area contributed by atoms with E-state index in [1.807, 2.05) is 6.07 Å². The van der Waals surface area contributed by atoms with Crippen molar-refractivity contribution >= 4 is 23.0 Å². The van der Waals surface area contributed by atoms with Gasteiger partial charge in [-0.15, -0.1) is 0 Å². The first-order valence-corrected chi connectivity index (χ1v) is 7.46. The Morgan fingerprint density at radius 2 is 1.88 bits per heavy atom. The topological polar surface area (TPSA) is 135 Å². The number of rotatable bonds is 3. The summed E-state index contributed by atoms with van der Waals surface area (Å²) in [5.74, 6) is -0.345. The molecule has 0 radical (unpaired) electrons. The average Bonchev–Trinajstić information content (AvgIpc) is 3.16. The summed E-state index contributed by atoms with van der Waals surface area (Å²) in [4.78, 5) is 34.8. The predicted octanol–water partition coefficient (Wildman–Crippen LogP) is 1.35. The van der Waals surface area contributed by atoms with Crippen molar-refractivity contribution in [3.8, 4) is 11.4 Å². The summed E-state index contributed by atoms with van der Waals surface area (Å²) in [6, 6.07) is 12.8. The van der Waals surface area contributed by atoms with Gasteiger partial charge in [0.2, 0.25) is 0 Å². The molecule has 0 aliphatic carbocycles. The SMILES string of the molecule is O=C1Nc2ccc([N+](=O)[O-])cc2/C1=N\n1c(-c2ccccc2)n[nH]c1=O. The zero-order valence-electron chi connectivity index (χ0n) is 13.0. The Kier molecular flexibility index (Phi) is 3.43. The van der Waals surface area contributed by atoms with Crippen LogP contribution in [0.15, 0.2) is 58.4 Å². The Bertz CT molecular complexity index is 1130.